The average Bonchev–Trinajstić information content (AvgIpc) is 3.35. The molecule has 4 rings (SSSR count). The van der Waals surface area contributed by atoms with Crippen molar-refractivity contribution in [2.24, 2.45) is 0 Å². The number of benzene rings is 1. The number of fused-ring (bicyclic) bond motifs is 1. The second kappa shape index (κ2) is 7.29. The van der Waals surface area contributed by atoms with Gasteiger partial charge < -0.3 is 10.1 Å². The number of hydrogen-bond acceptors (Lipinski definition) is 5. The van der Waals surface area contributed by atoms with E-state index in [2.05, 4.69) is 5.32 Å². The molecule has 0 aliphatic heterocycles. The van der Waals surface area contributed by atoms with E-state index in [1.54, 1.807) is 0 Å². The number of halogens is 1. The number of nitrogens with one attached hydrogen (secondary N) is 1. The lowest BCUT2D eigenvalue weighted by molar-refractivity contribution is -0.139. The fourth-order valence-electron chi connectivity index (χ4n) is 3.50. The Bertz CT molecular complexity index is 944. The van der Waals surface area contributed by atoms with Gasteiger partial charge in [-0.1, -0.05) is 42.6 Å². The molecule has 0 spiro atoms. The minimum absolute atomic E-state index is 0.216. The number of imidazole rings is 1. The van der Waals surface area contributed by atoms with Crippen LogP contribution in [0.5, 0.6) is 0 Å². The Balaban J connectivity index is 1.85. The van der Waals surface area contributed by atoms with Crippen LogP contribution >= 0.6 is 22.9 Å². The molecule has 0 atom stereocenters. The van der Waals surface area contributed by atoms with Crippen molar-refractivity contribution in [1.82, 2.24) is 9.38 Å². The summed E-state index contributed by atoms with van der Waals surface area (Å²) in [6, 6.07) is 8.15. The van der Waals surface area contributed by atoms with Crippen LogP contribution < -0.4 is 5.32 Å². The van der Waals surface area contributed by atoms with Crippen LogP contribution in [0.3, 0.4) is 0 Å². The van der Waals surface area contributed by atoms with Crippen molar-refractivity contribution >= 4 is 39.7 Å². The van der Waals surface area contributed by atoms with E-state index in [0.29, 0.717) is 11.1 Å². The molecule has 0 bridgehead atoms. The number of nitrogens with zero attached hydrogens (tertiary/aromatic N) is 2. The van der Waals surface area contributed by atoms with Gasteiger partial charge in [0.25, 0.3) is 0 Å². The first-order valence-electron chi connectivity index (χ1n) is 8.74. The van der Waals surface area contributed by atoms with Crippen LogP contribution in [-0.2, 0) is 16.0 Å². The standard InChI is InChI=1S/C19H20ClN3O2S/c1-25-16(24)10-13-11-26-19-22-17(14-8-4-5-9-15(14)20)18(23(13)19)21-12-6-2-3-7-12/h4-5,8-9,11-12,21H,2-3,6-7,10H2,1H3. The highest BCUT2D eigenvalue weighted by Crippen LogP contribution is 2.37. The van der Waals surface area contributed by atoms with Gasteiger partial charge in [0, 0.05) is 22.7 Å². The molecule has 1 aromatic carbocycles. The highest BCUT2D eigenvalue weighted by molar-refractivity contribution is 7.15. The van der Waals surface area contributed by atoms with Crippen LogP contribution in [0.2, 0.25) is 5.02 Å². The van der Waals surface area contributed by atoms with Crippen molar-refractivity contribution in [3.63, 3.8) is 0 Å². The monoisotopic (exact) mass is 389 g/mol. The summed E-state index contributed by atoms with van der Waals surface area (Å²) in [5.74, 6) is 0.657. The van der Waals surface area contributed by atoms with E-state index in [1.165, 1.54) is 31.3 Å². The summed E-state index contributed by atoms with van der Waals surface area (Å²) < 4.78 is 6.89. The van der Waals surface area contributed by atoms with Crippen LogP contribution in [0.25, 0.3) is 16.2 Å². The number of hydrogen-bond donors (Lipinski definition) is 1. The third-order valence-corrected chi connectivity index (χ3v) is 6.02. The van der Waals surface area contributed by atoms with E-state index >= 15 is 0 Å². The molecular weight excluding hydrogens is 370 g/mol. The maximum atomic E-state index is 11.8. The fraction of sp³-hybridized carbons (Fsp3) is 0.368. The smallest absolute Gasteiger partial charge is 0.311 e. The van der Waals surface area contributed by atoms with Gasteiger partial charge in [-0.25, -0.2) is 4.98 Å². The predicted molar refractivity (Wildman–Crippen MR) is 105 cm³/mol. The molecule has 1 aliphatic carbocycles. The molecule has 26 heavy (non-hydrogen) atoms. The van der Waals surface area contributed by atoms with Crippen molar-refractivity contribution < 1.29 is 9.53 Å². The predicted octanol–water partition coefficient (Wildman–Crippen LogP) is 4.79. The zero-order valence-electron chi connectivity index (χ0n) is 14.5. The van der Waals surface area contributed by atoms with Gasteiger partial charge in [0.1, 0.15) is 11.5 Å². The van der Waals surface area contributed by atoms with Gasteiger partial charge in [-0.2, -0.15) is 0 Å². The molecule has 7 heteroatoms. The Morgan fingerprint density at radius 2 is 2.15 bits per heavy atom. The van der Waals surface area contributed by atoms with Crippen LogP contribution in [-0.4, -0.2) is 28.5 Å². The summed E-state index contributed by atoms with van der Waals surface area (Å²) in [7, 11) is 1.41. The molecule has 0 unspecified atom stereocenters. The number of rotatable bonds is 5. The third kappa shape index (κ3) is 3.19. The summed E-state index contributed by atoms with van der Waals surface area (Å²) in [5.41, 5.74) is 2.61. The second-order valence-electron chi connectivity index (χ2n) is 6.51. The second-order valence-corrected chi connectivity index (χ2v) is 7.76. The van der Waals surface area contributed by atoms with Gasteiger partial charge in [-0.3, -0.25) is 9.20 Å². The number of carbonyl (C=O) groups is 1. The summed E-state index contributed by atoms with van der Waals surface area (Å²) in [6.07, 6.45) is 4.98. The largest absolute Gasteiger partial charge is 0.469 e. The summed E-state index contributed by atoms with van der Waals surface area (Å²) >= 11 is 7.96. The molecule has 1 saturated carbocycles. The number of carbonyl (C=O) groups excluding carboxylic acids is 1. The summed E-state index contributed by atoms with van der Waals surface area (Å²) in [4.78, 5) is 17.5. The first kappa shape index (κ1) is 17.4. The fourth-order valence-corrected chi connectivity index (χ4v) is 4.61. The summed E-state index contributed by atoms with van der Waals surface area (Å²) in [6.45, 7) is 0. The van der Waals surface area contributed by atoms with Crippen molar-refractivity contribution in [2.75, 3.05) is 12.4 Å². The Morgan fingerprint density at radius 3 is 2.88 bits per heavy atom. The number of esters is 1. The number of aromatic nitrogens is 2. The minimum Gasteiger partial charge on any atom is -0.469 e. The summed E-state index contributed by atoms with van der Waals surface area (Å²) in [5, 5.41) is 6.31. The Labute approximate surface area is 161 Å². The van der Waals surface area contributed by atoms with Gasteiger partial charge in [0.05, 0.1) is 18.6 Å². The lowest BCUT2D eigenvalue weighted by Gasteiger charge is -2.15. The maximum absolute atomic E-state index is 11.8. The Hall–Kier alpha value is -2.05. The molecule has 2 aromatic heterocycles. The molecule has 2 heterocycles. The SMILES string of the molecule is COC(=O)Cc1csc2nc(-c3ccccc3Cl)c(NC3CCCC3)n12. The molecule has 0 radical (unpaired) electrons. The van der Waals surface area contributed by atoms with Gasteiger partial charge >= 0.3 is 5.97 Å². The van der Waals surface area contributed by atoms with Crippen molar-refractivity contribution in [3.8, 4) is 11.3 Å². The number of ether oxygens (including phenoxy) is 1. The van der Waals surface area contributed by atoms with E-state index in [9.17, 15) is 4.79 Å². The van der Waals surface area contributed by atoms with Crippen LogP contribution in [0, 0.1) is 0 Å². The molecule has 1 N–H and O–H groups in total. The molecule has 1 fully saturated rings. The molecule has 3 aromatic rings. The Morgan fingerprint density at radius 1 is 1.38 bits per heavy atom. The first-order chi connectivity index (χ1) is 12.7. The zero-order chi connectivity index (χ0) is 18.1. The molecule has 136 valence electrons. The third-order valence-electron chi connectivity index (χ3n) is 4.81. The van der Waals surface area contributed by atoms with Crippen LogP contribution in [0.15, 0.2) is 29.6 Å². The van der Waals surface area contributed by atoms with Crippen molar-refractivity contribution in [3.05, 3.63) is 40.4 Å². The number of methoxy groups -OCH3 is 1. The van der Waals surface area contributed by atoms with E-state index in [-0.39, 0.29) is 12.4 Å². The first-order valence-corrected chi connectivity index (χ1v) is 10.00. The normalized spacial score (nSPS) is 14.8. The molecule has 0 amide bonds. The van der Waals surface area contributed by atoms with Crippen molar-refractivity contribution in [1.29, 1.82) is 0 Å². The molecule has 5 nitrogen and oxygen atoms in total. The van der Waals surface area contributed by atoms with E-state index in [0.717, 1.165) is 40.6 Å². The lowest BCUT2D eigenvalue weighted by atomic mass is 10.1. The van der Waals surface area contributed by atoms with Gasteiger partial charge in [0.2, 0.25) is 0 Å². The highest BCUT2D eigenvalue weighted by atomic mass is 35.5. The number of thiazole rings is 1. The Kier molecular flexibility index (Phi) is 4.87. The number of anilines is 1. The zero-order valence-corrected chi connectivity index (χ0v) is 16.1. The average molecular weight is 390 g/mol. The quantitative estimate of drug-likeness (QED) is 0.637. The van der Waals surface area contributed by atoms with E-state index in [4.69, 9.17) is 21.3 Å². The molecule has 0 saturated heterocycles. The van der Waals surface area contributed by atoms with Gasteiger partial charge in [-0.05, 0) is 18.9 Å². The van der Waals surface area contributed by atoms with E-state index < -0.39 is 0 Å². The molecule has 1 aliphatic rings. The van der Waals surface area contributed by atoms with Gasteiger partial charge in [-0.15, -0.1) is 11.3 Å². The topological polar surface area (TPSA) is 55.6 Å². The van der Waals surface area contributed by atoms with Gasteiger partial charge in [0.15, 0.2) is 4.96 Å². The lowest BCUT2D eigenvalue weighted by Crippen LogP contribution is -2.17. The minimum atomic E-state index is -0.260. The van der Waals surface area contributed by atoms with E-state index in [1.807, 2.05) is 34.0 Å². The van der Waals surface area contributed by atoms with Crippen molar-refractivity contribution in [2.45, 2.75) is 38.1 Å². The molecular formula is C19H20ClN3O2S. The maximum Gasteiger partial charge on any atom is 0.311 e. The van der Waals surface area contributed by atoms with Crippen LogP contribution in [0.4, 0.5) is 5.82 Å². The highest BCUT2D eigenvalue weighted by Gasteiger charge is 2.24. The van der Waals surface area contributed by atoms with Crippen LogP contribution in [0.1, 0.15) is 31.4 Å².